The van der Waals surface area contributed by atoms with Crippen molar-refractivity contribution in [2.24, 2.45) is 0 Å². The first kappa shape index (κ1) is 18.7. The maximum atomic E-state index is 11.9. The molecule has 25 heavy (non-hydrogen) atoms. The minimum Gasteiger partial charge on any atom is -0.481 e. The minimum atomic E-state index is -0.848. The third-order valence-electron chi connectivity index (χ3n) is 3.49. The smallest absolute Gasteiger partial charge is 0.303 e. The van der Waals surface area contributed by atoms with E-state index in [1.165, 1.54) is 11.3 Å². The lowest BCUT2D eigenvalue weighted by atomic mass is 10.1. The molecule has 0 spiro atoms. The van der Waals surface area contributed by atoms with Crippen LogP contribution in [0.2, 0.25) is 0 Å². The van der Waals surface area contributed by atoms with Gasteiger partial charge >= 0.3 is 5.97 Å². The first-order valence-corrected chi connectivity index (χ1v) is 8.90. The number of aliphatic carboxylic acids is 1. The van der Waals surface area contributed by atoms with Crippen LogP contribution >= 0.6 is 11.3 Å². The average Bonchev–Trinajstić information content (AvgIpc) is 3.12. The summed E-state index contributed by atoms with van der Waals surface area (Å²) in [5.74, 6) is -1.12. The number of carboxylic acids is 1. The number of hydrogen-bond acceptors (Lipinski definition) is 4. The second-order valence-electron chi connectivity index (χ2n) is 5.51. The van der Waals surface area contributed by atoms with Gasteiger partial charge in [-0.15, -0.1) is 0 Å². The van der Waals surface area contributed by atoms with Gasteiger partial charge in [0.15, 0.2) is 0 Å². The summed E-state index contributed by atoms with van der Waals surface area (Å²) in [5, 5.41) is 17.9. The molecule has 0 unspecified atom stereocenters. The highest BCUT2D eigenvalue weighted by Crippen LogP contribution is 2.13. The van der Waals surface area contributed by atoms with Crippen molar-refractivity contribution in [3.05, 3.63) is 52.2 Å². The van der Waals surface area contributed by atoms with Gasteiger partial charge in [0.2, 0.25) is 5.91 Å². The van der Waals surface area contributed by atoms with Gasteiger partial charge in [0, 0.05) is 36.0 Å². The standard InChI is InChI=1S/C18H20N2O4S/c21-16(5-2-9-19-18(24)14-8-10-25-12-14)20-15-4-1-3-13(11-15)6-7-17(22)23/h1,3-4,8,10-12H,2,5-7,9H2,(H,19,24)(H,20,21)(H,22,23). The highest BCUT2D eigenvalue weighted by atomic mass is 32.1. The quantitative estimate of drug-likeness (QED) is 0.599. The first-order chi connectivity index (χ1) is 12.0. The Hall–Kier alpha value is -2.67. The number of anilines is 1. The lowest BCUT2D eigenvalue weighted by molar-refractivity contribution is -0.137. The molecule has 2 rings (SSSR count). The molecule has 0 aliphatic carbocycles. The van der Waals surface area contributed by atoms with E-state index in [4.69, 9.17) is 5.11 Å². The second kappa shape index (κ2) is 9.58. The Kier molecular flexibility index (Phi) is 7.16. The Morgan fingerprint density at radius 3 is 2.68 bits per heavy atom. The molecular weight excluding hydrogens is 340 g/mol. The number of benzene rings is 1. The van der Waals surface area contributed by atoms with Gasteiger partial charge < -0.3 is 15.7 Å². The van der Waals surface area contributed by atoms with E-state index >= 15 is 0 Å². The van der Waals surface area contributed by atoms with E-state index in [2.05, 4.69) is 10.6 Å². The number of amides is 2. The largest absolute Gasteiger partial charge is 0.481 e. The first-order valence-electron chi connectivity index (χ1n) is 7.95. The van der Waals surface area contributed by atoms with Crippen molar-refractivity contribution < 1.29 is 19.5 Å². The van der Waals surface area contributed by atoms with Crippen LogP contribution < -0.4 is 10.6 Å². The monoisotopic (exact) mass is 360 g/mol. The van der Waals surface area contributed by atoms with Crippen molar-refractivity contribution in [1.29, 1.82) is 0 Å². The molecule has 132 valence electrons. The fourth-order valence-corrected chi connectivity index (χ4v) is 2.86. The summed E-state index contributed by atoms with van der Waals surface area (Å²) in [5.41, 5.74) is 2.14. The molecule has 0 aliphatic heterocycles. The van der Waals surface area contributed by atoms with Crippen molar-refractivity contribution in [3.63, 3.8) is 0 Å². The van der Waals surface area contributed by atoms with E-state index < -0.39 is 5.97 Å². The van der Waals surface area contributed by atoms with Crippen molar-refractivity contribution in [3.8, 4) is 0 Å². The molecule has 0 atom stereocenters. The van der Waals surface area contributed by atoms with Crippen LogP contribution in [0.1, 0.15) is 35.2 Å². The maximum absolute atomic E-state index is 11.9. The Balaban J connectivity index is 1.70. The molecule has 0 aliphatic rings. The van der Waals surface area contributed by atoms with E-state index in [1.54, 1.807) is 29.6 Å². The van der Waals surface area contributed by atoms with E-state index in [9.17, 15) is 14.4 Å². The zero-order valence-corrected chi connectivity index (χ0v) is 14.5. The van der Waals surface area contributed by atoms with Crippen LogP contribution in [-0.4, -0.2) is 29.4 Å². The van der Waals surface area contributed by atoms with Crippen LogP contribution in [-0.2, 0) is 16.0 Å². The number of carbonyl (C=O) groups is 3. The number of rotatable bonds is 9. The molecule has 1 aromatic carbocycles. The van der Waals surface area contributed by atoms with E-state index in [0.29, 0.717) is 37.1 Å². The minimum absolute atomic E-state index is 0.0568. The average molecular weight is 360 g/mol. The molecule has 2 aromatic rings. The van der Waals surface area contributed by atoms with Gasteiger partial charge in [0.25, 0.3) is 5.91 Å². The van der Waals surface area contributed by atoms with Gasteiger partial charge in [-0.2, -0.15) is 11.3 Å². The lowest BCUT2D eigenvalue weighted by Gasteiger charge is -2.08. The molecule has 0 saturated heterocycles. The van der Waals surface area contributed by atoms with Crippen molar-refractivity contribution in [2.45, 2.75) is 25.7 Å². The van der Waals surface area contributed by atoms with Crippen LogP contribution in [0.15, 0.2) is 41.1 Å². The lowest BCUT2D eigenvalue weighted by Crippen LogP contribution is -2.25. The highest BCUT2D eigenvalue weighted by molar-refractivity contribution is 7.08. The fraction of sp³-hybridized carbons (Fsp3) is 0.278. The molecule has 1 aromatic heterocycles. The Morgan fingerprint density at radius 1 is 1.12 bits per heavy atom. The van der Waals surface area contributed by atoms with Crippen LogP contribution in [0.4, 0.5) is 5.69 Å². The molecule has 6 nitrogen and oxygen atoms in total. The SMILES string of the molecule is O=C(O)CCc1cccc(NC(=O)CCCNC(=O)c2ccsc2)c1. The molecule has 0 radical (unpaired) electrons. The van der Waals surface area contributed by atoms with Gasteiger partial charge in [-0.25, -0.2) is 0 Å². The number of aryl methyl sites for hydroxylation is 1. The third kappa shape index (κ3) is 6.76. The summed E-state index contributed by atoms with van der Waals surface area (Å²) in [6, 6.07) is 8.91. The predicted octanol–water partition coefficient (Wildman–Crippen LogP) is 2.91. The van der Waals surface area contributed by atoms with Crippen LogP contribution in [0, 0.1) is 0 Å². The molecule has 0 fully saturated rings. The Labute approximate surface area is 149 Å². The Bertz CT molecular complexity index is 728. The summed E-state index contributed by atoms with van der Waals surface area (Å²) < 4.78 is 0. The zero-order chi connectivity index (χ0) is 18.1. The van der Waals surface area contributed by atoms with E-state index in [-0.39, 0.29) is 18.2 Å². The summed E-state index contributed by atoms with van der Waals surface area (Å²) in [6.07, 6.45) is 1.32. The van der Waals surface area contributed by atoms with Crippen LogP contribution in [0.5, 0.6) is 0 Å². The molecule has 1 heterocycles. The molecule has 7 heteroatoms. The summed E-state index contributed by atoms with van der Waals surface area (Å²) >= 11 is 1.46. The van der Waals surface area contributed by atoms with E-state index in [0.717, 1.165) is 5.56 Å². The molecule has 2 amide bonds. The molecule has 0 bridgehead atoms. The zero-order valence-electron chi connectivity index (χ0n) is 13.7. The van der Waals surface area contributed by atoms with Crippen LogP contribution in [0.25, 0.3) is 0 Å². The van der Waals surface area contributed by atoms with Gasteiger partial charge in [-0.1, -0.05) is 12.1 Å². The van der Waals surface area contributed by atoms with Crippen molar-refractivity contribution >= 4 is 34.8 Å². The van der Waals surface area contributed by atoms with Crippen molar-refractivity contribution in [1.82, 2.24) is 5.32 Å². The highest BCUT2D eigenvalue weighted by Gasteiger charge is 2.07. The molecule has 0 saturated carbocycles. The summed E-state index contributed by atoms with van der Waals surface area (Å²) in [7, 11) is 0. The van der Waals surface area contributed by atoms with Gasteiger partial charge in [0.05, 0.1) is 0 Å². The Morgan fingerprint density at radius 2 is 1.96 bits per heavy atom. The topological polar surface area (TPSA) is 95.5 Å². The summed E-state index contributed by atoms with van der Waals surface area (Å²) in [4.78, 5) is 34.3. The number of carbonyl (C=O) groups excluding carboxylic acids is 2. The van der Waals surface area contributed by atoms with Gasteiger partial charge in [-0.3, -0.25) is 14.4 Å². The normalized spacial score (nSPS) is 10.2. The second-order valence-corrected chi connectivity index (χ2v) is 6.29. The maximum Gasteiger partial charge on any atom is 0.303 e. The van der Waals surface area contributed by atoms with Gasteiger partial charge in [-0.05, 0) is 42.0 Å². The molecular formula is C18H20N2O4S. The molecule has 3 N–H and O–H groups in total. The van der Waals surface area contributed by atoms with E-state index in [1.807, 2.05) is 11.4 Å². The predicted molar refractivity (Wildman–Crippen MR) is 96.9 cm³/mol. The number of carboxylic acid groups (broad SMARTS) is 1. The van der Waals surface area contributed by atoms with Gasteiger partial charge in [0.1, 0.15) is 0 Å². The third-order valence-corrected chi connectivity index (χ3v) is 4.17. The number of nitrogens with one attached hydrogen (secondary N) is 2. The summed E-state index contributed by atoms with van der Waals surface area (Å²) in [6.45, 7) is 0.431. The van der Waals surface area contributed by atoms with Crippen molar-refractivity contribution in [2.75, 3.05) is 11.9 Å². The number of hydrogen-bond donors (Lipinski definition) is 3. The number of thiophene rings is 1. The fourth-order valence-electron chi connectivity index (χ4n) is 2.23. The van der Waals surface area contributed by atoms with Crippen LogP contribution in [0.3, 0.4) is 0 Å².